The van der Waals surface area contributed by atoms with E-state index in [0.717, 1.165) is 22.5 Å². The summed E-state index contributed by atoms with van der Waals surface area (Å²) in [5.41, 5.74) is 4.08. The molecule has 0 saturated heterocycles. The van der Waals surface area contributed by atoms with Crippen LogP contribution in [0.25, 0.3) is 16.9 Å². The van der Waals surface area contributed by atoms with Crippen LogP contribution in [0.1, 0.15) is 12.5 Å². The number of pyridine rings is 1. The van der Waals surface area contributed by atoms with E-state index in [0.29, 0.717) is 6.54 Å². The summed E-state index contributed by atoms with van der Waals surface area (Å²) in [6.07, 6.45) is 4.01. The molecule has 0 saturated carbocycles. The molecule has 0 atom stereocenters. The third-order valence-corrected chi connectivity index (χ3v) is 3.57. The fourth-order valence-electron chi connectivity index (χ4n) is 2.24. The summed E-state index contributed by atoms with van der Waals surface area (Å²) < 4.78 is 2.01. The van der Waals surface area contributed by atoms with Crippen LogP contribution in [0, 0.1) is 0 Å². The van der Waals surface area contributed by atoms with Crippen LogP contribution in [-0.2, 0) is 11.3 Å². The number of hydrogen-bond donors (Lipinski definition) is 0. The fraction of sp³-hybridized carbons (Fsp3) is 0.176. The largest absolute Gasteiger partial charge is 0.342 e. The van der Waals surface area contributed by atoms with E-state index in [1.54, 1.807) is 18.9 Å². The summed E-state index contributed by atoms with van der Waals surface area (Å²) in [5.74, 6) is 0.0689. The van der Waals surface area contributed by atoms with Crippen molar-refractivity contribution in [3.8, 4) is 11.3 Å². The number of benzene rings is 1. The molecule has 106 valence electrons. The fourth-order valence-corrected chi connectivity index (χ4v) is 2.24. The molecule has 0 bridgehead atoms. The van der Waals surface area contributed by atoms with Gasteiger partial charge in [-0.3, -0.25) is 4.79 Å². The van der Waals surface area contributed by atoms with Crippen LogP contribution in [0.4, 0.5) is 0 Å². The summed E-state index contributed by atoms with van der Waals surface area (Å²) >= 11 is 0. The minimum atomic E-state index is 0.0689. The van der Waals surface area contributed by atoms with Gasteiger partial charge in [0.1, 0.15) is 5.65 Å². The van der Waals surface area contributed by atoms with Crippen LogP contribution < -0.4 is 0 Å². The first kappa shape index (κ1) is 13.4. The van der Waals surface area contributed by atoms with Crippen molar-refractivity contribution >= 4 is 11.6 Å². The van der Waals surface area contributed by atoms with E-state index in [-0.39, 0.29) is 5.91 Å². The van der Waals surface area contributed by atoms with Crippen LogP contribution in [0.2, 0.25) is 0 Å². The van der Waals surface area contributed by atoms with Gasteiger partial charge in [-0.05, 0) is 17.7 Å². The normalized spacial score (nSPS) is 10.8. The molecule has 2 aromatic heterocycles. The van der Waals surface area contributed by atoms with E-state index in [4.69, 9.17) is 0 Å². The Labute approximate surface area is 123 Å². The average Bonchev–Trinajstić information content (AvgIpc) is 2.91. The van der Waals surface area contributed by atoms with Crippen molar-refractivity contribution in [1.29, 1.82) is 0 Å². The number of aromatic nitrogens is 2. The number of nitrogens with zero attached hydrogens (tertiary/aromatic N) is 3. The van der Waals surface area contributed by atoms with Crippen LogP contribution >= 0.6 is 0 Å². The third kappa shape index (κ3) is 2.79. The van der Waals surface area contributed by atoms with E-state index in [9.17, 15) is 4.79 Å². The summed E-state index contributed by atoms with van der Waals surface area (Å²) in [5, 5.41) is 0. The highest BCUT2D eigenvalue weighted by atomic mass is 16.2. The number of carbonyl (C=O) groups excluding carboxylic acids is 1. The maximum atomic E-state index is 11.2. The minimum Gasteiger partial charge on any atom is -0.342 e. The summed E-state index contributed by atoms with van der Waals surface area (Å²) in [6, 6.07) is 14.1. The van der Waals surface area contributed by atoms with Gasteiger partial charge >= 0.3 is 0 Å². The van der Waals surface area contributed by atoms with Gasteiger partial charge in [-0.2, -0.15) is 0 Å². The van der Waals surface area contributed by atoms with Gasteiger partial charge in [0.25, 0.3) is 0 Å². The molecule has 3 aromatic rings. The third-order valence-electron chi connectivity index (χ3n) is 3.57. The molecule has 0 spiro atoms. The molecular formula is C17H17N3O. The van der Waals surface area contributed by atoms with E-state index >= 15 is 0 Å². The Kier molecular flexibility index (Phi) is 3.44. The van der Waals surface area contributed by atoms with Crippen molar-refractivity contribution in [3.05, 3.63) is 60.4 Å². The highest BCUT2D eigenvalue weighted by Gasteiger charge is 2.06. The molecule has 0 aliphatic carbocycles. The summed E-state index contributed by atoms with van der Waals surface area (Å²) in [4.78, 5) is 17.5. The van der Waals surface area contributed by atoms with Gasteiger partial charge in [-0.15, -0.1) is 0 Å². The lowest BCUT2D eigenvalue weighted by atomic mass is 10.1. The maximum absolute atomic E-state index is 11.2. The molecule has 0 N–H and O–H groups in total. The topological polar surface area (TPSA) is 37.6 Å². The smallest absolute Gasteiger partial charge is 0.219 e. The van der Waals surface area contributed by atoms with E-state index in [1.807, 2.05) is 59.3 Å². The Bertz CT molecular complexity index is 741. The molecule has 0 aliphatic heterocycles. The first-order valence-corrected chi connectivity index (χ1v) is 6.88. The number of imidazole rings is 1. The number of fused-ring (bicyclic) bond motifs is 1. The Balaban J connectivity index is 1.85. The first-order chi connectivity index (χ1) is 10.1. The Morgan fingerprint density at radius 3 is 2.62 bits per heavy atom. The summed E-state index contributed by atoms with van der Waals surface area (Å²) in [6.45, 7) is 2.20. The van der Waals surface area contributed by atoms with Crippen molar-refractivity contribution in [2.75, 3.05) is 7.05 Å². The molecule has 4 nitrogen and oxygen atoms in total. The average molecular weight is 279 g/mol. The second kappa shape index (κ2) is 5.40. The number of carbonyl (C=O) groups is 1. The maximum Gasteiger partial charge on any atom is 0.219 e. The highest BCUT2D eigenvalue weighted by Crippen LogP contribution is 2.20. The number of hydrogen-bond acceptors (Lipinski definition) is 2. The molecular weight excluding hydrogens is 262 g/mol. The molecule has 0 aliphatic rings. The lowest BCUT2D eigenvalue weighted by Gasteiger charge is -2.14. The highest BCUT2D eigenvalue weighted by molar-refractivity contribution is 5.72. The predicted molar refractivity (Wildman–Crippen MR) is 82.8 cm³/mol. The van der Waals surface area contributed by atoms with E-state index in [2.05, 4.69) is 4.98 Å². The van der Waals surface area contributed by atoms with Crippen LogP contribution in [0.3, 0.4) is 0 Å². The van der Waals surface area contributed by atoms with Gasteiger partial charge in [-0.25, -0.2) is 4.98 Å². The number of rotatable bonds is 3. The van der Waals surface area contributed by atoms with Gasteiger partial charge in [0.2, 0.25) is 5.91 Å². The van der Waals surface area contributed by atoms with Crippen LogP contribution in [0.5, 0.6) is 0 Å². The Morgan fingerprint density at radius 1 is 1.19 bits per heavy atom. The zero-order valence-corrected chi connectivity index (χ0v) is 12.2. The second-order valence-electron chi connectivity index (χ2n) is 5.16. The molecule has 0 radical (unpaired) electrons. The van der Waals surface area contributed by atoms with Crippen molar-refractivity contribution in [2.24, 2.45) is 0 Å². The van der Waals surface area contributed by atoms with Gasteiger partial charge in [0, 0.05) is 38.5 Å². The van der Waals surface area contributed by atoms with Crippen molar-refractivity contribution in [3.63, 3.8) is 0 Å². The van der Waals surface area contributed by atoms with E-state index in [1.165, 1.54) is 0 Å². The molecule has 0 unspecified atom stereocenters. The lowest BCUT2D eigenvalue weighted by Crippen LogP contribution is -2.22. The predicted octanol–water partition coefficient (Wildman–Crippen LogP) is 2.98. The van der Waals surface area contributed by atoms with Gasteiger partial charge in [-0.1, -0.05) is 30.3 Å². The van der Waals surface area contributed by atoms with Gasteiger partial charge in [0.15, 0.2) is 0 Å². The molecule has 2 heterocycles. The Morgan fingerprint density at radius 2 is 1.95 bits per heavy atom. The quantitative estimate of drug-likeness (QED) is 0.739. The van der Waals surface area contributed by atoms with Crippen LogP contribution in [-0.4, -0.2) is 27.2 Å². The minimum absolute atomic E-state index is 0.0689. The van der Waals surface area contributed by atoms with Gasteiger partial charge < -0.3 is 9.30 Å². The second-order valence-corrected chi connectivity index (χ2v) is 5.16. The van der Waals surface area contributed by atoms with Gasteiger partial charge in [0.05, 0.1) is 5.69 Å². The van der Waals surface area contributed by atoms with Crippen LogP contribution in [0.15, 0.2) is 54.9 Å². The van der Waals surface area contributed by atoms with Crippen molar-refractivity contribution in [2.45, 2.75) is 13.5 Å². The molecule has 21 heavy (non-hydrogen) atoms. The number of amides is 1. The summed E-state index contributed by atoms with van der Waals surface area (Å²) in [7, 11) is 1.80. The van der Waals surface area contributed by atoms with E-state index < -0.39 is 0 Å². The SMILES string of the molecule is CC(=O)N(C)Cc1ccc(-c2cn3ccccc3n2)cc1. The lowest BCUT2D eigenvalue weighted by molar-refractivity contribution is -0.128. The Hall–Kier alpha value is -2.62. The molecule has 0 fully saturated rings. The first-order valence-electron chi connectivity index (χ1n) is 6.88. The molecule has 4 heteroatoms. The molecule has 1 amide bonds. The molecule has 3 rings (SSSR count). The monoisotopic (exact) mass is 279 g/mol. The van der Waals surface area contributed by atoms with Crippen molar-refractivity contribution in [1.82, 2.24) is 14.3 Å². The zero-order chi connectivity index (χ0) is 14.8. The standard InChI is InChI=1S/C17H17N3O/c1-13(21)19(2)11-14-6-8-15(9-7-14)16-12-20-10-4-3-5-17(20)18-16/h3-10,12H,11H2,1-2H3. The zero-order valence-electron chi connectivity index (χ0n) is 12.2. The van der Waals surface area contributed by atoms with Crippen molar-refractivity contribution < 1.29 is 4.79 Å². The molecule has 1 aromatic carbocycles.